The van der Waals surface area contributed by atoms with Crippen molar-refractivity contribution in [1.29, 1.82) is 0 Å². The van der Waals surface area contributed by atoms with Crippen LogP contribution in [0.15, 0.2) is 0 Å². The third-order valence-corrected chi connectivity index (χ3v) is 4.39. The first-order valence-corrected chi connectivity index (χ1v) is 6.99. The van der Waals surface area contributed by atoms with E-state index in [0.717, 1.165) is 13.1 Å². The lowest BCUT2D eigenvalue weighted by Gasteiger charge is -2.44. The third-order valence-electron chi connectivity index (χ3n) is 4.39. The molecule has 0 heterocycles. The number of aliphatic hydroxyl groups excluding tert-OH is 1. The molecule has 0 spiro atoms. The molecule has 1 fully saturated rings. The summed E-state index contributed by atoms with van der Waals surface area (Å²) in [6, 6.07) is 0.774. The van der Waals surface area contributed by atoms with Gasteiger partial charge >= 0.3 is 0 Å². The molecule has 0 radical (unpaired) electrons. The van der Waals surface area contributed by atoms with Gasteiger partial charge in [0.25, 0.3) is 0 Å². The van der Waals surface area contributed by atoms with Crippen molar-refractivity contribution in [3.8, 4) is 0 Å². The van der Waals surface area contributed by atoms with Crippen molar-refractivity contribution in [3.05, 3.63) is 0 Å². The van der Waals surface area contributed by atoms with Gasteiger partial charge in [-0.05, 0) is 38.0 Å². The topological polar surface area (TPSA) is 49.5 Å². The Hall–Kier alpha value is -0.120. The number of nitrogens with zero attached hydrogens (tertiary/aromatic N) is 1. The van der Waals surface area contributed by atoms with Gasteiger partial charge in [0.2, 0.25) is 0 Å². The van der Waals surface area contributed by atoms with Crippen LogP contribution in [0.5, 0.6) is 0 Å². The van der Waals surface area contributed by atoms with Gasteiger partial charge in [-0.3, -0.25) is 4.90 Å². The molecule has 0 aromatic carbocycles. The van der Waals surface area contributed by atoms with E-state index in [1.807, 2.05) is 0 Å². The maximum atomic E-state index is 9.11. The maximum Gasteiger partial charge on any atom is 0.0558 e. The van der Waals surface area contributed by atoms with Crippen molar-refractivity contribution < 1.29 is 5.11 Å². The molecule has 3 N–H and O–H groups in total. The summed E-state index contributed by atoms with van der Waals surface area (Å²) in [6.45, 7) is 11.0. The van der Waals surface area contributed by atoms with Crippen LogP contribution in [0.4, 0.5) is 0 Å². The molecule has 2 atom stereocenters. The van der Waals surface area contributed by atoms with Crippen LogP contribution in [0.1, 0.15) is 47.0 Å². The van der Waals surface area contributed by atoms with E-state index >= 15 is 0 Å². The lowest BCUT2D eigenvalue weighted by atomic mass is 9.68. The van der Waals surface area contributed by atoms with Crippen LogP contribution in [0.25, 0.3) is 0 Å². The molecule has 1 aliphatic carbocycles. The highest BCUT2D eigenvalue weighted by atomic mass is 16.3. The summed E-state index contributed by atoms with van der Waals surface area (Å²) in [5.74, 6) is 0.577. The molecule has 0 aromatic rings. The second-order valence-electron chi connectivity index (χ2n) is 6.48. The number of hydrogen-bond donors (Lipinski definition) is 2. The zero-order valence-corrected chi connectivity index (χ0v) is 11.9. The van der Waals surface area contributed by atoms with Crippen LogP contribution in [-0.4, -0.2) is 41.8 Å². The van der Waals surface area contributed by atoms with Gasteiger partial charge in [0, 0.05) is 25.2 Å². The first-order valence-electron chi connectivity index (χ1n) is 6.99. The van der Waals surface area contributed by atoms with Crippen molar-refractivity contribution in [3.63, 3.8) is 0 Å². The normalized spacial score (nSPS) is 28.9. The molecule has 3 nitrogen and oxygen atoms in total. The maximum absolute atomic E-state index is 9.11. The Morgan fingerprint density at radius 3 is 2.59 bits per heavy atom. The third kappa shape index (κ3) is 3.94. The predicted molar refractivity (Wildman–Crippen MR) is 72.9 cm³/mol. The first-order chi connectivity index (χ1) is 7.88. The highest BCUT2D eigenvalue weighted by molar-refractivity contribution is 4.92. The summed E-state index contributed by atoms with van der Waals surface area (Å²) in [4.78, 5) is 2.35. The molecule has 0 saturated heterocycles. The van der Waals surface area contributed by atoms with Crippen LogP contribution in [0.2, 0.25) is 0 Å². The fraction of sp³-hybridized carbons (Fsp3) is 1.00. The number of nitrogens with two attached hydrogens (primary N) is 1. The highest BCUT2D eigenvalue weighted by Gasteiger charge is 2.37. The average Bonchev–Trinajstić information content (AvgIpc) is 2.23. The van der Waals surface area contributed by atoms with E-state index < -0.39 is 0 Å². The molecule has 0 amide bonds. The summed E-state index contributed by atoms with van der Waals surface area (Å²) in [5.41, 5.74) is 6.68. The van der Waals surface area contributed by atoms with E-state index in [1.54, 1.807) is 0 Å². The van der Waals surface area contributed by atoms with E-state index in [1.165, 1.54) is 19.3 Å². The molecule has 3 heteroatoms. The summed E-state index contributed by atoms with van der Waals surface area (Å²) >= 11 is 0. The molecular weight excluding hydrogens is 212 g/mol. The molecule has 2 unspecified atom stereocenters. The van der Waals surface area contributed by atoms with Gasteiger partial charge in [-0.1, -0.05) is 20.3 Å². The largest absolute Gasteiger partial charge is 0.395 e. The Labute approximate surface area is 106 Å². The molecule has 1 aliphatic rings. The van der Waals surface area contributed by atoms with Gasteiger partial charge in [-0.25, -0.2) is 0 Å². The second kappa shape index (κ2) is 6.17. The van der Waals surface area contributed by atoms with E-state index in [2.05, 4.69) is 32.6 Å². The van der Waals surface area contributed by atoms with Gasteiger partial charge < -0.3 is 10.8 Å². The predicted octanol–water partition coefficient (Wildman–Crippen LogP) is 1.84. The van der Waals surface area contributed by atoms with E-state index in [9.17, 15) is 0 Å². The van der Waals surface area contributed by atoms with Gasteiger partial charge in [-0.2, -0.15) is 0 Å². The van der Waals surface area contributed by atoms with Gasteiger partial charge in [0.1, 0.15) is 0 Å². The monoisotopic (exact) mass is 242 g/mol. The fourth-order valence-corrected chi connectivity index (χ4v) is 3.00. The van der Waals surface area contributed by atoms with Crippen LogP contribution in [0.3, 0.4) is 0 Å². The summed E-state index contributed by atoms with van der Waals surface area (Å²) < 4.78 is 0. The van der Waals surface area contributed by atoms with Gasteiger partial charge in [-0.15, -0.1) is 0 Å². The summed E-state index contributed by atoms with van der Waals surface area (Å²) in [6.07, 6.45) is 3.77. The lowest BCUT2D eigenvalue weighted by molar-refractivity contribution is 0.0798. The zero-order chi connectivity index (χ0) is 13.1. The molecule has 102 valence electrons. The fourth-order valence-electron chi connectivity index (χ4n) is 3.00. The van der Waals surface area contributed by atoms with E-state index in [0.29, 0.717) is 12.0 Å². The molecule has 17 heavy (non-hydrogen) atoms. The minimum absolute atomic E-state index is 0.240. The van der Waals surface area contributed by atoms with Crippen LogP contribution < -0.4 is 5.73 Å². The van der Waals surface area contributed by atoms with E-state index in [4.69, 9.17) is 10.8 Å². The minimum atomic E-state index is 0.240. The smallest absolute Gasteiger partial charge is 0.0558 e. The Balaban J connectivity index is 2.59. The van der Waals surface area contributed by atoms with Gasteiger partial charge in [0.15, 0.2) is 0 Å². The van der Waals surface area contributed by atoms with Crippen LogP contribution in [-0.2, 0) is 0 Å². The highest BCUT2D eigenvalue weighted by Crippen LogP contribution is 2.38. The zero-order valence-electron chi connectivity index (χ0n) is 11.9. The Kier molecular flexibility index (Phi) is 5.42. The van der Waals surface area contributed by atoms with Crippen molar-refractivity contribution >= 4 is 0 Å². The first kappa shape index (κ1) is 14.9. The average molecular weight is 242 g/mol. The number of hydrogen-bond acceptors (Lipinski definition) is 3. The Morgan fingerprint density at radius 2 is 2.06 bits per heavy atom. The second-order valence-corrected chi connectivity index (χ2v) is 6.48. The van der Waals surface area contributed by atoms with Gasteiger partial charge in [0.05, 0.1) is 6.61 Å². The SMILES string of the molecule is CC(C)N(CCO)CC1CCCC(C)(C)C1N. The molecule has 1 saturated carbocycles. The van der Waals surface area contributed by atoms with Crippen molar-refractivity contribution in [2.24, 2.45) is 17.1 Å². The number of aliphatic hydroxyl groups is 1. The van der Waals surface area contributed by atoms with Crippen molar-refractivity contribution in [2.45, 2.75) is 59.0 Å². The summed E-state index contributed by atoms with van der Waals surface area (Å²) in [5, 5.41) is 9.11. The Morgan fingerprint density at radius 1 is 1.41 bits per heavy atom. The lowest BCUT2D eigenvalue weighted by Crippen LogP contribution is -2.51. The minimum Gasteiger partial charge on any atom is -0.395 e. The number of rotatable bonds is 5. The molecular formula is C14H30N2O. The summed E-state index contributed by atoms with van der Waals surface area (Å²) in [7, 11) is 0. The standard InChI is InChI=1S/C14H30N2O/c1-11(2)16(8-9-17)10-12-6-5-7-14(3,4)13(12)15/h11-13,17H,5-10,15H2,1-4H3. The molecule has 0 aliphatic heterocycles. The Bertz CT molecular complexity index is 228. The van der Waals surface area contributed by atoms with Crippen LogP contribution in [0, 0.1) is 11.3 Å². The van der Waals surface area contributed by atoms with Crippen LogP contribution >= 0.6 is 0 Å². The molecule has 0 aromatic heterocycles. The van der Waals surface area contributed by atoms with Crippen molar-refractivity contribution in [2.75, 3.05) is 19.7 Å². The van der Waals surface area contributed by atoms with Crippen molar-refractivity contribution in [1.82, 2.24) is 4.90 Å². The molecule has 1 rings (SSSR count). The van der Waals surface area contributed by atoms with E-state index in [-0.39, 0.29) is 18.1 Å². The molecule has 0 bridgehead atoms. The quantitative estimate of drug-likeness (QED) is 0.773.